The van der Waals surface area contributed by atoms with Crippen LogP contribution in [0, 0.1) is 0 Å². The van der Waals surface area contributed by atoms with Gasteiger partial charge in [-0.3, -0.25) is 19.2 Å². The van der Waals surface area contributed by atoms with Crippen LogP contribution in [0.15, 0.2) is 54.6 Å². The second-order valence-corrected chi connectivity index (χ2v) is 9.41. The van der Waals surface area contributed by atoms with Crippen LogP contribution < -0.4 is 16.4 Å². The Morgan fingerprint density at radius 2 is 1.54 bits per heavy atom. The van der Waals surface area contributed by atoms with E-state index in [-0.39, 0.29) is 18.6 Å². The van der Waals surface area contributed by atoms with Crippen LogP contribution in [-0.2, 0) is 36.8 Å². The number of hydrogen-bond donors (Lipinski definition) is 6. The van der Waals surface area contributed by atoms with Crippen LogP contribution in [0.1, 0.15) is 30.4 Å². The molecule has 0 bridgehead atoms. The Bertz CT molecular complexity index is 1190. The maximum Gasteiger partial charge on any atom is 0.326 e. The number of aliphatic carboxylic acids is 2. The summed E-state index contributed by atoms with van der Waals surface area (Å²) < 4.78 is 0. The number of aromatic hydroxyl groups is 1. The van der Waals surface area contributed by atoms with Crippen LogP contribution in [0.2, 0.25) is 0 Å². The topological polar surface area (TPSA) is 199 Å². The lowest BCUT2D eigenvalue weighted by Gasteiger charge is -2.28. The molecule has 208 valence electrons. The molecule has 39 heavy (non-hydrogen) atoms. The fraction of sp³-hybridized carbons (Fsp3) is 0.370. The Balaban J connectivity index is 1.73. The van der Waals surface area contributed by atoms with Gasteiger partial charge in [-0.05, 0) is 42.5 Å². The highest BCUT2D eigenvalue weighted by Gasteiger charge is 2.38. The minimum Gasteiger partial charge on any atom is -0.508 e. The number of phenols is 1. The van der Waals surface area contributed by atoms with Crippen molar-refractivity contribution in [3.05, 3.63) is 65.7 Å². The normalized spacial score (nSPS) is 17.1. The number of phenolic OH excluding ortho intramolecular Hbond substituents is 1. The Hall–Kier alpha value is -4.45. The number of carbonyl (C=O) groups is 5. The number of carboxylic acid groups (broad SMARTS) is 2. The summed E-state index contributed by atoms with van der Waals surface area (Å²) in [6.07, 6.45) is 0.268. The van der Waals surface area contributed by atoms with Gasteiger partial charge in [-0.2, -0.15) is 0 Å². The molecular weight excluding hydrogens is 508 g/mol. The fourth-order valence-corrected chi connectivity index (χ4v) is 4.46. The Morgan fingerprint density at radius 3 is 2.15 bits per heavy atom. The maximum absolute atomic E-state index is 13.3. The number of rotatable bonds is 12. The monoisotopic (exact) mass is 540 g/mol. The summed E-state index contributed by atoms with van der Waals surface area (Å²) >= 11 is 0. The van der Waals surface area contributed by atoms with E-state index in [9.17, 15) is 34.2 Å². The van der Waals surface area contributed by atoms with Crippen molar-refractivity contribution in [3.8, 4) is 5.75 Å². The van der Waals surface area contributed by atoms with Crippen LogP contribution in [0.5, 0.6) is 5.75 Å². The number of hydrogen-bond acceptors (Lipinski definition) is 7. The van der Waals surface area contributed by atoms with Crippen LogP contribution in [0.4, 0.5) is 0 Å². The molecule has 0 unspecified atom stereocenters. The second-order valence-electron chi connectivity index (χ2n) is 9.41. The first-order valence-electron chi connectivity index (χ1n) is 12.5. The van der Waals surface area contributed by atoms with E-state index >= 15 is 0 Å². The Labute approximate surface area is 224 Å². The van der Waals surface area contributed by atoms with Crippen LogP contribution >= 0.6 is 0 Å². The molecule has 12 nitrogen and oxygen atoms in total. The van der Waals surface area contributed by atoms with Crippen molar-refractivity contribution < 1.29 is 39.3 Å². The zero-order chi connectivity index (χ0) is 28.5. The van der Waals surface area contributed by atoms with Crippen molar-refractivity contribution in [2.75, 3.05) is 6.54 Å². The predicted octanol–water partition coefficient (Wildman–Crippen LogP) is 0.0246. The number of amides is 3. The first kappa shape index (κ1) is 29.1. The number of likely N-dealkylation sites (tertiary alicyclic amines) is 1. The van der Waals surface area contributed by atoms with Gasteiger partial charge < -0.3 is 36.6 Å². The van der Waals surface area contributed by atoms with Crippen LogP contribution in [0.25, 0.3) is 0 Å². The maximum atomic E-state index is 13.3. The van der Waals surface area contributed by atoms with E-state index in [1.807, 2.05) is 0 Å². The van der Waals surface area contributed by atoms with Gasteiger partial charge in [0.1, 0.15) is 23.9 Å². The molecule has 3 rings (SSSR count). The molecule has 0 saturated carbocycles. The van der Waals surface area contributed by atoms with E-state index in [0.29, 0.717) is 24.9 Å². The van der Waals surface area contributed by atoms with Gasteiger partial charge in [0.25, 0.3) is 0 Å². The number of carboxylic acids is 2. The highest BCUT2D eigenvalue weighted by Crippen LogP contribution is 2.20. The van der Waals surface area contributed by atoms with E-state index in [2.05, 4.69) is 10.6 Å². The lowest BCUT2D eigenvalue weighted by atomic mass is 10.0. The largest absolute Gasteiger partial charge is 0.508 e. The summed E-state index contributed by atoms with van der Waals surface area (Å²) in [5.41, 5.74) is 7.57. The number of nitrogens with two attached hydrogens (primary N) is 1. The van der Waals surface area contributed by atoms with E-state index in [0.717, 1.165) is 5.56 Å². The Morgan fingerprint density at radius 1 is 0.897 bits per heavy atom. The van der Waals surface area contributed by atoms with Crippen molar-refractivity contribution in [3.63, 3.8) is 0 Å². The molecule has 1 fully saturated rings. The zero-order valence-electron chi connectivity index (χ0n) is 21.2. The molecule has 12 heteroatoms. The van der Waals surface area contributed by atoms with Gasteiger partial charge in [0.05, 0.1) is 12.5 Å². The molecule has 2 aromatic carbocycles. The standard InChI is InChI=1S/C27H32N4O8/c28-19(13-17-8-10-18(32)11-9-17)26(37)31-12-4-7-22(31)25(36)29-20(14-16-5-2-1-3-6-16)24(35)30-21(27(38)39)15-23(33)34/h1-3,5-6,8-11,19-22,32H,4,7,12-15,28H2,(H,29,36)(H,30,35)(H,33,34)(H,38,39)/t19-,20-,21-,22-/m0/s1. The quantitative estimate of drug-likeness (QED) is 0.215. The van der Waals surface area contributed by atoms with Crippen molar-refractivity contribution in [1.82, 2.24) is 15.5 Å². The van der Waals surface area contributed by atoms with E-state index < -0.39 is 60.2 Å². The summed E-state index contributed by atoms with van der Waals surface area (Å²) in [6.45, 7) is 0.301. The van der Waals surface area contributed by atoms with Crippen molar-refractivity contribution >= 4 is 29.7 Å². The molecule has 3 amide bonds. The summed E-state index contributed by atoms with van der Waals surface area (Å²) in [4.78, 5) is 63.4. The van der Waals surface area contributed by atoms with E-state index in [1.54, 1.807) is 42.5 Å². The van der Waals surface area contributed by atoms with Gasteiger partial charge in [-0.1, -0.05) is 42.5 Å². The lowest BCUT2D eigenvalue weighted by Crippen LogP contribution is -2.57. The molecule has 0 radical (unpaired) electrons. The molecule has 7 N–H and O–H groups in total. The molecule has 1 heterocycles. The fourth-order valence-electron chi connectivity index (χ4n) is 4.46. The summed E-state index contributed by atoms with van der Waals surface area (Å²) in [5.74, 6) is -4.74. The van der Waals surface area contributed by atoms with Crippen LogP contribution in [0.3, 0.4) is 0 Å². The minimum atomic E-state index is -1.69. The van der Waals surface area contributed by atoms with Crippen molar-refractivity contribution in [2.24, 2.45) is 5.73 Å². The molecule has 0 aromatic heterocycles. The molecule has 2 aromatic rings. The highest BCUT2D eigenvalue weighted by molar-refractivity contribution is 5.95. The van der Waals surface area contributed by atoms with E-state index in [4.69, 9.17) is 10.8 Å². The first-order valence-corrected chi connectivity index (χ1v) is 12.5. The minimum absolute atomic E-state index is 0.0128. The van der Waals surface area contributed by atoms with Gasteiger partial charge in [-0.15, -0.1) is 0 Å². The van der Waals surface area contributed by atoms with Gasteiger partial charge in [0, 0.05) is 13.0 Å². The number of benzene rings is 2. The third kappa shape index (κ3) is 8.27. The average Bonchev–Trinajstić information content (AvgIpc) is 3.39. The third-order valence-corrected chi connectivity index (χ3v) is 6.46. The molecule has 0 aliphatic carbocycles. The molecule has 1 saturated heterocycles. The van der Waals surface area contributed by atoms with Crippen LogP contribution in [-0.4, -0.2) is 80.6 Å². The summed E-state index contributed by atoms with van der Waals surface area (Å²) in [6, 6.07) is 10.3. The van der Waals surface area contributed by atoms with Crippen molar-refractivity contribution in [1.29, 1.82) is 0 Å². The smallest absolute Gasteiger partial charge is 0.326 e. The van der Waals surface area contributed by atoms with Gasteiger partial charge in [0.2, 0.25) is 17.7 Å². The molecule has 4 atom stereocenters. The summed E-state index contributed by atoms with van der Waals surface area (Å²) in [5, 5.41) is 32.6. The second kappa shape index (κ2) is 13.4. The number of nitrogens with one attached hydrogen (secondary N) is 2. The van der Waals surface area contributed by atoms with E-state index in [1.165, 1.54) is 17.0 Å². The SMILES string of the molecule is N[C@@H](Cc1ccc(O)cc1)C(=O)N1CCC[C@H]1C(=O)N[C@@H](Cc1ccccc1)C(=O)N[C@@H](CC(=O)O)C(=O)O. The highest BCUT2D eigenvalue weighted by atomic mass is 16.4. The lowest BCUT2D eigenvalue weighted by molar-refractivity contribution is -0.147. The molecule has 0 spiro atoms. The molecule has 1 aliphatic heterocycles. The first-order chi connectivity index (χ1) is 18.5. The number of nitrogens with zero attached hydrogens (tertiary/aromatic N) is 1. The van der Waals surface area contributed by atoms with Gasteiger partial charge in [-0.25, -0.2) is 4.79 Å². The molecule has 1 aliphatic rings. The summed E-state index contributed by atoms with van der Waals surface area (Å²) in [7, 11) is 0. The molecular formula is C27H32N4O8. The van der Waals surface area contributed by atoms with Crippen molar-refractivity contribution in [2.45, 2.75) is 56.3 Å². The average molecular weight is 541 g/mol. The Kier molecular flexibility index (Phi) is 9.98. The van der Waals surface area contributed by atoms with Gasteiger partial charge >= 0.3 is 11.9 Å². The predicted molar refractivity (Wildman–Crippen MR) is 138 cm³/mol. The number of carbonyl (C=O) groups excluding carboxylic acids is 3. The third-order valence-electron chi connectivity index (χ3n) is 6.46. The zero-order valence-corrected chi connectivity index (χ0v) is 21.2. The van der Waals surface area contributed by atoms with Gasteiger partial charge in [0.15, 0.2) is 0 Å².